The molecule has 4 nitrogen and oxygen atoms in total. The largest absolute Gasteiger partial charge is 0.324 e. The Kier molecular flexibility index (Phi) is 6.70. The van der Waals surface area contributed by atoms with E-state index in [0.717, 1.165) is 43.0 Å². The van der Waals surface area contributed by atoms with Gasteiger partial charge in [-0.2, -0.15) is 0 Å². The number of piperazine rings is 1. The Hall–Kier alpha value is -1.95. The normalized spacial score (nSPS) is 16.8. The molecule has 1 unspecified atom stereocenters. The van der Waals surface area contributed by atoms with Gasteiger partial charge in [-0.3, -0.25) is 14.6 Å². The number of halogens is 2. The van der Waals surface area contributed by atoms with Gasteiger partial charge in [-0.25, -0.2) is 4.39 Å². The van der Waals surface area contributed by atoms with Gasteiger partial charge in [0.1, 0.15) is 5.82 Å². The Balaban J connectivity index is 1.56. The highest BCUT2D eigenvalue weighted by Crippen LogP contribution is 2.23. The molecule has 2 aromatic rings. The van der Waals surface area contributed by atoms with Gasteiger partial charge in [-0.05, 0) is 44.0 Å². The van der Waals surface area contributed by atoms with E-state index in [9.17, 15) is 9.18 Å². The first-order chi connectivity index (χ1) is 13.4. The van der Waals surface area contributed by atoms with Crippen LogP contribution in [0.15, 0.2) is 36.4 Å². The number of nitrogens with one attached hydrogen (secondary N) is 1. The lowest BCUT2D eigenvalue weighted by Crippen LogP contribution is -2.52. The summed E-state index contributed by atoms with van der Waals surface area (Å²) >= 11 is 6.14. The van der Waals surface area contributed by atoms with Crippen molar-refractivity contribution in [2.45, 2.75) is 33.4 Å². The van der Waals surface area contributed by atoms with Crippen molar-refractivity contribution in [2.24, 2.45) is 0 Å². The molecule has 1 atom stereocenters. The molecular weight excluding hydrogens is 377 g/mol. The number of anilines is 1. The van der Waals surface area contributed by atoms with Crippen molar-refractivity contribution in [3.05, 3.63) is 63.9 Å². The monoisotopic (exact) mass is 403 g/mol. The number of hydrogen-bond donors (Lipinski definition) is 1. The highest BCUT2D eigenvalue weighted by Gasteiger charge is 2.26. The standard InChI is InChI=1S/C22H27ClFN3O/c1-15-6-4-7-16(2)21(15)25-22(28)17(3)27-12-10-26(11-13-27)14-18-19(23)8-5-9-20(18)24/h4-9,17H,10-14H2,1-3H3,(H,25,28). The molecule has 1 saturated heterocycles. The Labute approximate surface area is 171 Å². The molecule has 6 heteroatoms. The van der Waals surface area contributed by atoms with Crippen LogP contribution in [-0.2, 0) is 11.3 Å². The van der Waals surface area contributed by atoms with Gasteiger partial charge < -0.3 is 5.32 Å². The predicted molar refractivity (Wildman–Crippen MR) is 112 cm³/mol. The number of benzene rings is 2. The molecule has 1 fully saturated rings. The quantitative estimate of drug-likeness (QED) is 0.811. The number of carbonyl (C=O) groups excluding carboxylic acids is 1. The number of aryl methyl sites for hydroxylation is 2. The maximum absolute atomic E-state index is 14.0. The van der Waals surface area contributed by atoms with Gasteiger partial charge >= 0.3 is 0 Å². The number of hydrogen-bond acceptors (Lipinski definition) is 3. The zero-order valence-electron chi connectivity index (χ0n) is 16.6. The molecule has 0 bridgehead atoms. The molecule has 1 aliphatic heterocycles. The van der Waals surface area contributed by atoms with Gasteiger partial charge in [0, 0.05) is 49.0 Å². The fourth-order valence-corrected chi connectivity index (χ4v) is 3.84. The first-order valence-electron chi connectivity index (χ1n) is 9.63. The number of amides is 1. The minimum atomic E-state index is -0.267. The van der Waals surface area contributed by atoms with Crippen molar-refractivity contribution in [3.8, 4) is 0 Å². The lowest BCUT2D eigenvalue weighted by molar-refractivity contribution is -0.121. The molecule has 1 heterocycles. The second-order valence-electron chi connectivity index (χ2n) is 7.44. The molecule has 0 aliphatic carbocycles. The van der Waals surface area contributed by atoms with Crippen molar-refractivity contribution in [3.63, 3.8) is 0 Å². The van der Waals surface area contributed by atoms with Crippen molar-refractivity contribution in [2.75, 3.05) is 31.5 Å². The van der Waals surface area contributed by atoms with Gasteiger partial charge in [-0.15, -0.1) is 0 Å². The van der Waals surface area contributed by atoms with Crippen LogP contribution in [-0.4, -0.2) is 47.9 Å². The van der Waals surface area contributed by atoms with Crippen LogP contribution in [0.2, 0.25) is 5.02 Å². The van der Waals surface area contributed by atoms with Crippen LogP contribution in [0.25, 0.3) is 0 Å². The van der Waals surface area contributed by atoms with Crippen molar-refractivity contribution < 1.29 is 9.18 Å². The number of para-hydroxylation sites is 1. The van der Waals surface area contributed by atoms with Crippen molar-refractivity contribution in [1.29, 1.82) is 0 Å². The molecule has 2 aromatic carbocycles. The van der Waals surface area contributed by atoms with Crippen LogP contribution in [0.3, 0.4) is 0 Å². The number of carbonyl (C=O) groups is 1. The summed E-state index contributed by atoms with van der Waals surface area (Å²) in [6.45, 7) is 9.48. The Bertz CT molecular complexity index is 809. The minimum absolute atomic E-state index is 0.00278. The zero-order chi connectivity index (χ0) is 20.3. The topological polar surface area (TPSA) is 35.6 Å². The summed E-state index contributed by atoms with van der Waals surface area (Å²) in [6, 6.07) is 10.5. The summed E-state index contributed by atoms with van der Waals surface area (Å²) in [5.41, 5.74) is 3.56. The summed E-state index contributed by atoms with van der Waals surface area (Å²) in [7, 11) is 0. The Morgan fingerprint density at radius 2 is 1.71 bits per heavy atom. The molecule has 0 spiro atoms. The molecular formula is C22H27ClFN3O. The van der Waals surface area contributed by atoms with Crippen LogP contribution in [0.1, 0.15) is 23.6 Å². The zero-order valence-corrected chi connectivity index (χ0v) is 17.4. The Morgan fingerprint density at radius 3 is 2.32 bits per heavy atom. The van der Waals surface area contributed by atoms with Gasteiger partial charge in [0.05, 0.1) is 6.04 Å². The van der Waals surface area contributed by atoms with E-state index in [1.54, 1.807) is 12.1 Å². The van der Waals surface area contributed by atoms with Gasteiger partial charge in [0.15, 0.2) is 0 Å². The molecule has 0 saturated carbocycles. The number of nitrogens with zero attached hydrogens (tertiary/aromatic N) is 2. The minimum Gasteiger partial charge on any atom is -0.324 e. The third kappa shape index (κ3) is 4.72. The van der Waals surface area contributed by atoms with Crippen LogP contribution in [0, 0.1) is 19.7 Å². The average molecular weight is 404 g/mol. The van der Waals surface area contributed by atoms with Gasteiger partial charge in [0.25, 0.3) is 0 Å². The molecule has 1 amide bonds. The van der Waals surface area contributed by atoms with Gasteiger partial charge in [-0.1, -0.05) is 35.9 Å². The van der Waals surface area contributed by atoms with Crippen molar-refractivity contribution in [1.82, 2.24) is 9.80 Å². The van der Waals surface area contributed by atoms with E-state index in [2.05, 4.69) is 15.1 Å². The van der Waals surface area contributed by atoms with E-state index in [1.165, 1.54) is 6.07 Å². The lowest BCUT2D eigenvalue weighted by Gasteiger charge is -2.37. The van der Waals surface area contributed by atoms with Crippen LogP contribution in [0.5, 0.6) is 0 Å². The number of rotatable bonds is 5. The lowest BCUT2D eigenvalue weighted by atomic mass is 10.1. The highest BCUT2D eigenvalue weighted by molar-refractivity contribution is 6.31. The maximum atomic E-state index is 14.0. The molecule has 150 valence electrons. The molecule has 1 aliphatic rings. The van der Waals surface area contributed by atoms with E-state index in [1.807, 2.05) is 39.0 Å². The first kappa shape index (κ1) is 20.8. The van der Waals surface area contributed by atoms with Crippen LogP contribution in [0.4, 0.5) is 10.1 Å². The molecule has 3 rings (SSSR count). The summed E-state index contributed by atoms with van der Waals surface area (Å²) in [5.74, 6) is -0.265. The SMILES string of the molecule is Cc1cccc(C)c1NC(=O)C(C)N1CCN(Cc2c(F)cccc2Cl)CC1. The second kappa shape index (κ2) is 9.03. The fourth-order valence-electron chi connectivity index (χ4n) is 3.62. The van der Waals surface area contributed by atoms with E-state index in [-0.39, 0.29) is 17.8 Å². The van der Waals surface area contributed by atoms with Crippen LogP contribution < -0.4 is 5.32 Å². The van der Waals surface area contributed by atoms with Gasteiger partial charge in [0.2, 0.25) is 5.91 Å². The van der Waals surface area contributed by atoms with E-state index in [0.29, 0.717) is 17.1 Å². The maximum Gasteiger partial charge on any atom is 0.241 e. The fraction of sp³-hybridized carbons (Fsp3) is 0.409. The molecule has 1 N–H and O–H groups in total. The molecule has 0 aromatic heterocycles. The summed E-state index contributed by atoms with van der Waals surface area (Å²) in [5, 5.41) is 3.54. The molecule has 0 radical (unpaired) electrons. The Morgan fingerprint density at radius 1 is 1.11 bits per heavy atom. The summed E-state index contributed by atoms with van der Waals surface area (Å²) in [6.07, 6.45) is 0. The van der Waals surface area contributed by atoms with Crippen molar-refractivity contribution >= 4 is 23.2 Å². The van der Waals surface area contributed by atoms with E-state index in [4.69, 9.17) is 11.6 Å². The first-order valence-corrected chi connectivity index (χ1v) is 10.0. The van der Waals surface area contributed by atoms with Crippen LogP contribution >= 0.6 is 11.6 Å². The third-order valence-electron chi connectivity index (χ3n) is 5.51. The summed E-state index contributed by atoms with van der Waals surface area (Å²) < 4.78 is 14.0. The van der Waals surface area contributed by atoms with E-state index < -0.39 is 0 Å². The highest BCUT2D eigenvalue weighted by atomic mass is 35.5. The predicted octanol–water partition coefficient (Wildman–Crippen LogP) is 4.24. The third-order valence-corrected chi connectivity index (χ3v) is 5.86. The van der Waals surface area contributed by atoms with E-state index >= 15 is 0 Å². The smallest absolute Gasteiger partial charge is 0.241 e. The molecule has 28 heavy (non-hydrogen) atoms. The second-order valence-corrected chi connectivity index (χ2v) is 7.85. The summed E-state index contributed by atoms with van der Waals surface area (Å²) in [4.78, 5) is 17.1. The average Bonchev–Trinajstić information content (AvgIpc) is 2.67.